The van der Waals surface area contributed by atoms with Gasteiger partial charge in [-0.3, -0.25) is 9.78 Å². The summed E-state index contributed by atoms with van der Waals surface area (Å²) in [4.78, 5) is 16.7. The number of amides is 1. The van der Waals surface area contributed by atoms with Crippen LogP contribution in [0.3, 0.4) is 0 Å². The lowest BCUT2D eigenvalue weighted by molar-refractivity contribution is 0.0952. The predicted molar refractivity (Wildman–Crippen MR) is 84.1 cm³/mol. The number of fused-ring (bicyclic) bond motifs is 1. The van der Waals surface area contributed by atoms with Crippen molar-refractivity contribution in [2.24, 2.45) is 0 Å². The first-order chi connectivity index (χ1) is 10.2. The number of pyridine rings is 1. The van der Waals surface area contributed by atoms with Crippen molar-refractivity contribution in [1.82, 2.24) is 10.3 Å². The Morgan fingerprint density at radius 3 is 2.81 bits per heavy atom. The van der Waals surface area contributed by atoms with E-state index in [9.17, 15) is 4.79 Å². The smallest absolute Gasteiger partial charge is 0.252 e. The molecule has 1 N–H and O–H groups in total. The summed E-state index contributed by atoms with van der Waals surface area (Å²) in [6, 6.07) is 17.5. The molecule has 1 amide bonds. The second-order valence-corrected chi connectivity index (χ2v) is 5.05. The van der Waals surface area contributed by atoms with Crippen LogP contribution in [0.25, 0.3) is 10.9 Å². The Balaban J connectivity index is 1.81. The lowest BCUT2D eigenvalue weighted by Gasteiger charge is -2.08. The lowest BCUT2D eigenvalue weighted by atomic mass is 10.1. The van der Waals surface area contributed by atoms with Gasteiger partial charge in [0.1, 0.15) is 0 Å². The summed E-state index contributed by atoms with van der Waals surface area (Å²) in [6.45, 7) is 2.57. The molecule has 0 saturated heterocycles. The van der Waals surface area contributed by atoms with E-state index in [2.05, 4.69) is 16.4 Å². The molecule has 3 aromatic rings. The van der Waals surface area contributed by atoms with E-state index in [-0.39, 0.29) is 5.91 Å². The number of benzene rings is 2. The third-order valence-corrected chi connectivity index (χ3v) is 3.43. The molecule has 1 heterocycles. The monoisotopic (exact) mass is 276 g/mol. The lowest BCUT2D eigenvalue weighted by Crippen LogP contribution is -2.23. The highest BCUT2D eigenvalue weighted by molar-refractivity contribution is 6.06. The number of aromatic nitrogens is 1. The number of hydrogen-bond donors (Lipinski definition) is 1. The van der Waals surface area contributed by atoms with Crippen molar-refractivity contribution in [2.75, 3.05) is 0 Å². The number of aryl methyl sites for hydroxylation is 1. The summed E-state index contributed by atoms with van der Waals surface area (Å²) in [5, 5.41) is 3.84. The van der Waals surface area contributed by atoms with Gasteiger partial charge in [-0.25, -0.2) is 0 Å². The van der Waals surface area contributed by atoms with Crippen molar-refractivity contribution >= 4 is 16.8 Å². The second-order valence-electron chi connectivity index (χ2n) is 5.05. The SMILES string of the molecule is Cc1cccc(CNC(=O)c2cccc3ncccc23)c1. The molecule has 0 aliphatic heterocycles. The van der Waals surface area contributed by atoms with Gasteiger partial charge < -0.3 is 5.32 Å². The standard InChI is InChI=1S/C18H16N2O/c1-13-5-2-6-14(11-13)12-20-18(21)16-7-3-9-17-15(16)8-4-10-19-17/h2-11H,12H2,1H3,(H,20,21). The van der Waals surface area contributed by atoms with Crippen LogP contribution in [0.4, 0.5) is 0 Å². The van der Waals surface area contributed by atoms with Gasteiger partial charge in [0.15, 0.2) is 0 Å². The summed E-state index contributed by atoms with van der Waals surface area (Å²) < 4.78 is 0. The zero-order chi connectivity index (χ0) is 14.7. The molecule has 3 heteroatoms. The average molecular weight is 276 g/mol. The van der Waals surface area contributed by atoms with Gasteiger partial charge in [0.05, 0.1) is 5.52 Å². The molecule has 21 heavy (non-hydrogen) atoms. The highest BCUT2D eigenvalue weighted by atomic mass is 16.1. The first kappa shape index (κ1) is 13.3. The zero-order valence-corrected chi connectivity index (χ0v) is 11.8. The van der Waals surface area contributed by atoms with E-state index >= 15 is 0 Å². The molecular formula is C18H16N2O. The number of hydrogen-bond acceptors (Lipinski definition) is 2. The van der Waals surface area contributed by atoms with Crippen molar-refractivity contribution in [1.29, 1.82) is 0 Å². The normalized spacial score (nSPS) is 10.5. The Morgan fingerprint density at radius 2 is 1.95 bits per heavy atom. The molecule has 3 nitrogen and oxygen atoms in total. The van der Waals surface area contributed by atoms with Gasteiger partial charge in [-0.15, -0.1) is 0 Å². The van der Waals surface area contributed by atoms with Crippen LogP contribution in [-0.2, 0) is 6.54 Å². The van der Waals surface area contributed by atoms with Gasteiger partial charge in [-0.2, -0.15) is 0 Å². The number of nitrogens with one attached hydrogen (secondary N) is 1. The Labute approximate surface area is 123 Å². The minimum atomic E-state index is -0.0740. The Kier molecular flexibility index (Phi) is 3.65. The fourth-order valence-corrected chi connectivity index (χ4v) is 2.40. The Bertz CT molecular complexity index is 791. The maximum Gasteiger partial charge on any atom is 0.252 e. The van der Waals surface area contributed by atoms with Crippen LogP contribution in [0, 0.1) is 6.92 Å². The average Bonchev–Trinajstić information content (AvgIpc) is 2.52. The molecular weight excluding hydrogens is 260 g/mol. The van der Waals surface area contributed by atoms with Gasteiger partial charge >= 0.3 is 0 Å². The van der Waals surface area contributed by atoms with E-state index in [1.165, 1.54) is 5.56 Å². The van der Waals surface area contributed by atoms with E-state index in [4.69, 9.17) is 0 Å². The minimum absolute atomic E-state index is 0.0740. The van der Waals surface area contributed by atoms with Gasteiger partial charge in [0.25, 0.3) is 5.91 Å². The van der Waals surface area contributed by atoms with Crippen LogP contribution in [0.1, 0.15) is 21.5 Å². The van der Waals surface area contributed by atoms with Crippen LogP contribution < -0.4 is 5.32 Å². The molecule has 3 rings (SSSR count). The third kappa shape index (κ3) is 2.92. The van der Waals surface area contributed by atoms with E-state index in [0.717, 1.165) is 16.5 Å². The highest BCUT2D eigenvalue weighted by Crippen LogP contribution is 2.16. The molecule has 0 saturated carbocycles. The van der Waals surface area contributed by atoms with Crippen molar-refractivity contribution in [3.63, 3.8) is 0 Å². The fourth-order valence-electron chi connectivity index (χ4n) is 2.40. The van der Waals surface area contributed by atoms with E-state index in [1.807, 2.05) is 55.5 Å². The van der Waals surface area contributed by atoms with Crippen molar-refractivity contribution in [2.45, 2.75) is 13.5 Å². The van der Waals surface area contributed by atoms with Crippen LogP contribution >= 0.6 is 0 Å². The van der Waals surface area contributed by atoms with Crippen LogP contribution in [0.15, 0.2) is 60.8 Å². The summed E-state index contributed by atoms with van der Waals surface area (Å²) in [6.07, 6.45) is 1.73. The number of nitrogens with zero attached hydrogens (tertiary/aromatic N) is 1. The van der Waals surface area contributed by atoms with Crippen molar-refractivity contribution in [3.8, 4) is 0 Å². The zero-order valence-electron chi connectivity index (χ0n) is 11.8. The molecule has 0 spiro atoms. The molecule has 0 fully saturated rings. The van der Waals surface area contributed by atoms with Gasteiger partial charge in [0.2, 0.25) is 0 Å². The molecule has 2 aromatic carbocycles. The van der Waals surface area contributed by atoms with E-state index in [1.54, 1.807) is 6.20 Å². The number of rotatable bonds is 3. The molecule has 0 bridgehead atoms. The third-order valence-electron chi connectivity index (χ3n) is 3.43. The molecule has 0 atom stereocenters. The van der Waals surface area contributed by atoms with Crippen LogP contribution in [0.5, 0.6) is 0 Å². The largest absolute Gasteiger partial charge is 0.348 e. The van der Waals surface area contributed by atoms with Crippen molar-refractivity contribution < 1.29 is 4.79 Å². The van der Waals surface area contributed by atoms with E-state index < -0.39 is 0 Å². The molecule has 1 aromatic heterocycles. The topological polar surface area (TPSA) is 42.0 Å². The molecule has 0 aliphatic rings. The summed E-state index contributed by atoms with van der Waals surface area (Å²) in [5.74, 6) is -0.0740. The van der Waals surface area contributed by atoms with Crippen LogP contribution in [0.2, 0.25) is 0 Å². The summed E-state index contributed by atoms with van der Waals surface area (Å²) in [7, 11) is 0. The predicted octanol–water partition coefficient (Wildman–Crippen LogP) is 3.47. The molecule has 0 unspecified atom stereocenters. The maximum absolute atomic E-state index is 12.4. The van der Waals surface area contributed by atoms with Gasteiger partial charge in [0, 0.05) is 23.7 Å². The highest BCUT2D eigenvalue weighted by Gasteiger charge is 2.09. The summed E-state index contributed by atoms with van der Waals surface area (Å²) >= 11 is 0. The van der Waals surface area contributed by atoms with Gasteiger partial charge in [-0.05, 0) is 30.7 Å². The first-order valence-electron chi connectivity index (χ1n) is 6.91. The fraction of sp³-hybridized carbons (Fsp3) is 0.111. The summed E-state index contributed by atoms with van der Waals surface area (Å²) in [5.41, 5.74) is 3.78. The molecule has 104 valence electrons. The van der Waals surface area contributed by atoms with Crippen LogP contribution in [-0.4, -0.2) is 10.9 Å². The number of carbonyl (C=O) groups excluding carboxylic acids is 1. The van der Waals surface area contributed by atoms with Gasteiger partial charge in [-0.1, -0.05) is 42.0 Å². The van der Waals surface area contributed by atoms with E-state index in [0.29, 0.717) is 12.1 Å². The molecule has 0 radical (unpaired) electrons. The first-order valence-corrected chi connectivity index (χ1v) is 6.91. The quantitative estimate of drug-likeness (QED) is 0.796. The maximum atomic E-state index is 12.4. The Hall–Kier alpha value is -2.68. The Morgan fingerprint density at radius 1 is 1.10 bits per heavy atom. The number of carbonyl (C=O) groups is 1. The second kappa shape index (κ2) is 5.75. The molecule has 0 aliphatic carbocycles. The minimum Gasteiger partial charge on any atom is -0.348 e. The van der Waals surface area contributed by atoms with Crippen molar-refractivity contribution in [3.05, 3.63) is 77.5 Å².